The summed E-state index contributed by atoms with van der Waals surface area (Å²) in [6.45, 7) is 4.28. The van der Waals surface area contributed by atoms with E-state index in [-0.39, 0.29) is 0 Å². The first kappa shape index (κ1) is 55.5. The van der Waals surface area contributed by atoms with Crippen LogP contribution in [-0.2, 0) is 77.5 Å². The molecule has 0 aliphatic carbocycles. The zero-order valence-corrected chi connectivity index (χ0v) is 46.7. The van der Waals surface area contributed by atoms with Gasteiger partial charge in [-0.05, 0) is 146 Å². The molecular formula is C74H86N4+4. The van der Waals surface area contributed by atoms with Crippen LogP contribution in [0, 0.1) is 0 Å². The molecule has 0 fully saturated rings. The highest BCUT2D eigenvalue weighted by Gasteiger charge is 2.14. The van der Waals surface area contributed by atoms with Crippen LogP contribution in [0.2, 0.25) is 0 Å². The SMILES string of the molecule is c1ccc(Cc2ccc[n+](CCCCCc3cc(CCCCC[n+]4cccc(Cc5ccccc5)c4)c(CCCCC[n+]4cccc(Cc5ccccc5)c4)cc3CCCCC[n+]3cccc(Cc4ccccc4)c3)c2)cc1. The van der Waals surface area contributed by atoms with Crippen LogP contribution in [0.1, 0.15) is 144 Å². The van der Waals surface area contributed by atoms with E-state index in [1.165, 1.54) is 147 Å². The third-order valence-electron chi connectivity index (χ3n) is 15.7. The van der Waals surface area contributed by atoms with Gasteiger partial charge in [0.2, 0.25) is 0 Å². The van der Waals surface area contributed by atoms with Crippen LogP contribution in [-0.4, -0.2) is 0 Å². The molecule has 0 bridgehead atoms. The van der Waals surface area contributed by atoms with Gasteiger partial charge in [-0.25, -0.2) is 18.3 Å². The van der Waals surface area contributed by atoms with Crippen LogP contribution in [0.3, 0.4) is 0 Å². The van der Waals surface area contributed by atoms with Crippen molar-refractivity contribution in [1.29, 1.82) is 0 Å². The Morgan fingerprint density at radius 2 is 0.423 bits per heavy atom. The van der Waals surface area contributed by atoms with Crippen molar-refractivity contribution >= 4 is 0 Å². The van der Waals surface area contributed by atoms with Crippen molar-refractivity contribution in [3.8, 4) is 0 Å². The number of hydrogen-bond acceptors (Lipinski definition) is 0. The van der Waals surface area contributed by atoms with E-state index in [9.17, 15) is 0 Å². The molecule has 9 aromatic rings. The van der Waals surface area contributed by atoms with Crippen molar-refractivity contribution in [2.24, 2.45) is 0 Å². The van der Waals surface area contributed by atoms with Gasteiger partial charge in [0.05, 0.1) is 0 Å². The molecule has 0 spiro atoms. The van der Waals surface area contributed by atoms with Gasteiger partial charge >= 0.3 is 0 Å². The summed E-state index contributed by atoms with van der Waals surface area (Å²) in [5.41, 5.74) is 17.5. The van der Waals surface area contributed by atoms with Gasteiger partial charge in [0.15, 0.2) is 49.6 Å². The first-order valence-corrected chi connectivity index (χ1v) is 29.8. The minimum Gasteiger partial charge on any atom is -0.205 e. The summed E-state index contributed by atoms with van der Waals surface area (Å²) in [4.78, 5) is 0. The van der Waals surface area contributed by atoms with Gasteiger partial charge in [-0.3, -0.25) is 0 Å². The van der Waals surface area contributed by atoms with Crippen LogP contribution in [0.15, 0.2) is 232 Å². The van der Waals surface area contributed by atoms with Gasteiger partial charge in [-0.2, -0.15) is 0 Å². The van der Waals surface area contributed by atoms with Gasteiger partial charge in [0.25, 0.3) is 0 Å². The first-order chi connectivity index (χ1) is 38.6. The van der Waals surface area contributed by atoms with Crippen molar-refractivity contribution in [3.63, 3.8) is 0 Å². The van der Waals surface area contributed by atoms with Crippen molar-refractivity contribution in [2.45, 2.75) is 155 Å². The lowest BCUT2D eigenvalue weighted by Gasteiger charge is -2.17. The highest BCUT2D eigenvalue weighted by molar-refractivity contribution is 5.39. The monoisotopic (exact) mass is 1030 g/mol. The topological polar surface area (TPSA) is 15.5 Å². The molecule has 4 nitrogen and oxygen atoms in total. The maximum atomic E-state index is 2.70. The van der Waals surface area contributed by atoms with Crippen molar-refractivity contribution in [1.82, 2.24) is 0 Å². The van der Waals surface area contributed by atoms with Gasteiger partial charge in [0, 0.05) is 97.9 Å². The molecule has 0 amide bonds. The third kappa shape index (κ3) is 19.0. The second kappa shape index (κ2) is 31.2. The molecule has 0 atom stereocenters. The van der Waals surface area contributed by atoms with Crippen molar-refractivity contribution in [2.75, 3.05) is 0 Å². The Labute approximate surface area is 468 Å². The van der Waals surface area contributed by atoms with E-state index in [1.807, 2.05) is 0 Å². The zero-order chi connectivity index (χ0) is 53.1. The molecule has 0 radical (unpaired) electrons. The zero-order valence-electron chi connectivity index (χ0n) is 46.7. The largest absolute Gasteiger partial charge is 0.205 e. The van der Waals surface area contributed by atoms with E-state index in [0.717, 1.165) is 51.9 Å². The Kier molecular flexibility index (Phi) is 22.2. The predicted octanol–water partition coefficient (Wildman–Crippen LogP) is 14.9. The molecule has 0 unspecified atom stereocenters. The van der Waals surface area contributed by atoms with Crippen molar-refractivity contribution in [3.05, 3.63) is 298 Å². The summed E-state index contributed by atoms with van der Waals surface area (Å²) in [5.74, 6) is 0. The first-order valence-electron chi connectivity index (χ1n) is 29.8. The molecule has 4 aromatic heterocycles. The fourth-order valence-corrected chi connectivity index (χ4v) is 11.5. The normalized spacial score (nSPS) is 11.3. The maximum absolute atomic E-state index is 2.70. The summed E-state index contributed by atoms with van der Waals surface area (Å²) in [6, 6.07) is 66.8. The molecular weight excluding hydrogens is 945 g/mol. The minimum atomic E-state index is 0.981. The number of nitrogens with zero attached hydrogens (tertiary/aromatic N) is 4. The minimum absolute atomic E-state index is 0.981. The number of aromatic nitrogens is 4. The smallest absolute Gasteiger partial charge is 0.172 e. The summed E-state index contributed by atoms with van der Waals surface area (Å²) in [5, 5.41) is 0. The lowest BCUT2D eigenvalue weighted by Crippen LogP contribution is -2.33. The Bertz CT molecular complexity index is 2710. The van der Waals surface area contributed by atoms with Crippen LogP contribution >= 0.6 is 0 Å². The van der Waals surface area contributed by atoms with E-state index < -0.39 is 0 Å². The molecule has 9 rings (SSSR count). The molecule has 78 heavy (non-hydrogen) atoms. The predicted molar refractivity (Wildman–Crippen MR) is 320 cm³/mol. The number of unbranched alkanes of at least 4 members (excludes halogenated alkanes) is 8. The molecule has 4 heterocycles. The summed E-state index contributed by atoms with van der Waals surface area (Å²) >= 11 is 0. The third-order valence-corrected chi connectivity index (χ3v) is 15.7. The van der Waals surface area contributed by atoms with Gasteiger partial charge in [-0.1, -0.05) is 133 Å². The summed E-state index contributed by atoms with van der Waals surface area (Å²) < 4.78 is 9.65. The van der Waals surface area contributed by atoms with Crippen LogP contribution in [0.4, 0.5) is 0 Å². The Morgan fingerprint density at radius 1 is 0.205 bits per heavy atom. The Morgan fingerprint density at radius 3 is 0.654 bits per heavy atom. The van der Waals surface area contributed by atoms with E-state index in [0.29, 0.717) is 0 Å². The van der Waals surface area contributed by atoms with E-state index >= 15 is 0 Å². The number of rotatable bonds is 32. The number of benzene rings is 5. The quantitative estimate of drug-likeness (QED) is 0.0295. The second-order valence-corrected chi connectivity index (χ2v) is 22.1. The molecule has 398 valence electrons. The number of aryl methyl sites for hydroxylation is 8. The van der Waals surface area contributed by atoms with Crippen LogP contribution in [0.25, 0.3) is 0 Å². The maximum Gasteiger partial charge on any atom is 0.172 e. The van der Waals surface area contributed by atoms with Gasteiger partial charge in [0.1, 0.15) is 26.2 Å². The number of pyridine rings is 4. The average molecular weight is 1030 g/mol. The number of hydrogen-bond donors (Lipinski definition) is 0. The highest BCUT2D eigenvalue weighted by atomic mass is 14.9. The lowest BCUT2D eigenvalue weighted by atomic mass is 9.88. The molecule has 0 saturated carbocycles. The standard InChI is InChI=1S/C74H86N4/c1-9-29-63(30-10-1)53-67-37-25-49-75(59-67)45-21-5-17-41-71-57-73(43-19-7-23-47-77-51-27-39-69(61-77)55-65-33-13-3-14-34-65)74(44-20-8-24-48-78-52-28-40-70(62-78)56-66-35-15-4-16-36-66)58-72(71)42-18-6-22-46-76-50-26-38-68(60-76)54-64-31-11-2-12-32-64/h1-4,9-16,25-40,49-52,57-62H,5-8,17-24,41-48,53-56H2/q+4. The molecule has 0 aliphatic rings. The van der Waals surface area contributed by atoms with Crippen LogP contribution < -0.4 is 18.3 Å². The van der Waals surface area contributed by atoms with Gasteiger partial charge in [-0.15, -0.1) is 0 Å². The van der Waals surface area contributed by atoms with Crippen LogP contribution in [0.5, 0.6) is 0 Å². The molecule has 0 N–H and O–H groups in total. The summed E-state index contributed by atoms with van der Waals surface area (Å²) in [7, 11) is 0. The Balaban J connectivity index is 0.847. The Hall–Kier alpha value is -7.30. The lowest BCUT2D eigenvalue weighted by molar-refractivity contribution is -0.697. The summed E-state index contributed by atoms with van der Waals surface area (Å²) in [6.07, 6.45) is 41.8. The molecule has 4 heteroatoms. The fourth-order valence-electron chi connectivity index (χ4n) is 11.5. The average Bonchev–Trinajstić information content (AvgIpc) is 3.49. The second-order valence-electron chi connectivity index (χ2n) is 22.1. The molecule has 5 aromatic carbocycles. The fraction of sp³-hybridized carbons (Fsp3) is 0.324. The molecule has 0 aliphatic heterocycles. The van der Waals surface area contributed by atoms with E-state index in [1.54, 1.807) is 22.3 Å². The highest BCUT2D eigenvalue weighted by Crippen LogP contribution is 2.26. The van der Waals surface area contributed by atoms with Crippen molar-refractivity contribution < 1.29 is 18.3 Å². The van der Waals surface area contributed by atoms with E-state index in [4.69, 9.17) is 0 Å². The molecule has 0 saturated heterocycles. The van der Waals surface area contributed by atoms with Gasteiger partial charge < -0.3 is 0 Å². The van der Waals surface area contributed by atoms with E-state index in [2.05, 4.69) is 250 Å².